The second kappa shape index (κ2) is 11.7. The average Bonchev–Trinajstić information content (AvgIpc) is 2.89. The third-order valence-electron chi connectivity index (χ3n) is 6.44. The van der Waals surface area contributed by atoms with Crippen molar-refractivity contribution in [2.75, 3.05) is 13.2 Å². The Kier molecular flexibility index (Phi) is 8.97. The van der Waals surface area contributed by atoms with Crippen LogP contribution in [0.25, 0.3) is 0 Å². The molecule has 0 amide bonds. The standard InChI is InChI=1S/C28H26F6O6S2/c1-17(2)25-27(31,32)15-39-26(3,40-25)18-4-8-22(9-5-18)41(24-13-19(29)12-20(30)14-24)23-10-6-21(7-11-23)38-16-28(33,34)42(35,36)37/h4-14,17,25H,15-16H2,1-3H3/p+1. The number of halogens is 6. The zero-order chi connectivity index (χ0) is 31.1. The van der Waals surface area contributed by atoms with Gasteiger partial charge in [0.05, 0.1) is 10.9 Å². The Hall–Kier alpha value is -2.78. The Bertz CT molecular complexity index is 1500. The number of hydrogen-bond acceptors (Lipinski definition) is 5. The van der Waals surface area contributed by atoms with Crippen molar-refractivity contribution < 1.29 is 53.5 Å². The van der Waals surface area contributed by atoms with E-state index in [0.717, 1.165) is 12.1 Å². The van der Waals surface area contributed by atoms with Crippen LogP contribution in [-0.4, -0.2) is 43.5 Å². The summed E-state index contributed by atoms with van der Waals surface area (Å²) in [7, 11) is -6.84. The van der Waals surface area contributed by atoms with Crippen LogP contribution in [0.1, 0.15) is 26.3 Å². The van der Waals surface area contributed by atoms with Crippen LogP contribution in [0.4, 0.5) is 26.3 Å². The average molecular weight is 638 g/mol. The van der Waals surface area contributed by atoms with Crippen molar-refractivity contribution in [1.82, 2.24) is 0 Å². The molecule has 1 fully saturated rings. The summed E-state index contributed by atoms with van der Waals surface area (Å²) < 4.78 is 131. The van der Waals surface area contributed by atoms with Crippen LogP contribution < -0.4 is 4.74 Å². The molecule has 0 radical (unpaired) electrons. The zero-order valence-corrected chi connectivity index (χ0v) is 24.1. The van der Waals surface area contributed by atoms with Crippen LogP contribution in [0.15, 0.2) is 81.4 Å². The summed E-state index contributed by atoms with van der Waals surface area (Å²) in [4.78, 5) is 1.28. The van der Waals surface area contributed by atoms with Crippen molar-refractivity contribution in [3.05, 3.63) is 83.9 Å². The minimum Gasteiger partial charge on any atom is -0.486 e. The normalized spacial score (nSPS) is 21.7. The van der Waals surface area contributed by atoms with Crippen molar-refractivity contribution in [2.24, 2.45) is 5.92 Å². The fraction of sp³-hybridized carbons (Fsp3) is 0.357. The van der Waals surface area contributed by atoms with Gasteiger partial charge in [-0.05, 0) is 61.4 Å². The molecule has 0 aromatic heterocycles. The van der Waals surface area contributed by atoms with Crippen molar-refractivity contribution in [3.8, 4) is 5.75 Å². The van der Waals surface area contributed by atoms with Crippen molar-refractivity contribution in [3.63, 3.8) is 0 Å². The van der Waals surface area contributed by atoms with Gasteiger partial charge in [0.15, 0.2) is 27.1 Å². The van der Waals surface area contributed by atoms with Crippen LogP contribution in [0.2, 0.25) is 0 Å². The van der Waals surface area contributed by atoms with E-state index >= 15 is 0 Å². The van der Waals surface area contributed by atoms with Gasteiger partial charge in [-0.1, -0.05) is 13.8 Å². The van der Waals surface area contributed by atoms with E-state index in [1.165, 1.54) is 31.2 Å². The summed E-state index contributed by atoms with van der Waals surface area (Å²) in [6.07, 6.45) is -1.39. The lowest BCUT2D eigenvalue weighted by Gasteiger charge is -2.44. The predicted molar refractivity (Wildman–Crippen MR) is 141 cm³/mol. The van der Waals surface area contributed by atoms with Crippen LogP contribution in [0, 0.1) is 17.6 Å². The lowest BCUT2D eigenvalue weighted by atomic mass is 9.97. The first kappa shape index (κ1) is 32.1. The number of hydrogen-bond donors (Lipinski definition) is 1. The van der Waals surface area contributed by atoms with E-state index in [0.29, 0.717) is 21.4 Å². The maximum absolute atomic E-state index is 14.4. The molecular formula is C28H27F6O6S2+. The molecule has 4 rings (SSSR count). The van der Waals surface area contributed by atoms with E-state index in [9.17, 15) is 34.8 Å². The summed E-state index contributed by atoms with van der Waals surface area (Å²) in [5.74, 6) is -6.97. The monoisotopic (exact) mass is 637 g/mol. The minimum absolute atomic E-state index is 0.151. The van der Waals surface area contributed by atoms with Gasteiger partial charge < -0.3 is 14.2 Å². The molecule has 3 aromatic rings. The summed E-state index contributed by atoms with van der Waals surface area (Å²) in [6, 6.07) is 14.9. The highest BCUT2D eigenvalue weighted by molar-refractivity contribution is 7.97. The Balaban J connectivity index is 1.66. The Labute approximate surface area is 241 Å². The lowest BCUT2D eigenvalue weighted by molar-refractivity contribution is -0.368. The number of ether oxygens (including phenoxy) is 3. The van der Waals surface area contributed by atoms with Crippen LogP contribution in [0.3, 0.4) is 0 Å². The number of rotatable bonds is 9. The highest BCUT2D eigenvalue weighted by atomic mass is 32.2. The highest BCUT2D eigenvalue weighted by Gasteiger charge is 2.53. The maximum Gasteiger partial charge on any atom is 0.402 e. The summed E-state index contributed by atoms with van der Waals surface area (Å²) in [5, 5.41) is -4.54. The molecule has 1 saturated heterocycles. The zero-order valence-electron chi connectivity index (χ0n) is 22.5. The summed E-state index contributed by atoms with van der Waals surface area (Å²) >= 11 is 0. The van der Waals surface area contributed by atoms with Crippen molar-refractivity contribution in [1.29, 1.82) is 0 Å². The van der Waals surface area contributed by atoms with E-state index in [2.05, 4.69) is 0 Å². The van der Waals surface area contributed by atoms with Crippen LogP contribution >= 0.6 is 0 Å². The van der Waals surface area contributed by atoms with E-state index < -0.39 is 74.8 Å². The molecule has 42 heavy (non-hydrogen) atoms. The Morgan fingerprint density at radius 2 is 1.50 bits per heavy atom. The highest BCUT2D eigenvalue weighted by Crippen LogP contribution is 2.42. The van der Waals surface area contributed by atoms with E-state index in [1.807, 2.05) is 0 Å². The molecule has 0 aliphatic carbocycles. The van der Waals surface area contributed by atoms with Crippen LogP contribution in [-0.2, 0) is 36.3 Å². The molecule has 3 aromatic carbocycles. The van der Waals surface area contributed by atoms with Gasteiger partial charge in [0, 0.05) is 23.8 Å². The molecule has 0 saturated carbocycles. The van der Waals surface area contributed by atoms with Gasteiger partial charge in [0.2, 0.25) is 0 Å². The molecular weight excluding hydrogens is 610 g/mol. The molecule has 6 nitrogen and oxygen atoms in total. The molecule has 1 N–H and O–H groups in total. The third kappa shape index (κ3) is 6.88. The fourth-order valence-corrected chi connectivity index (χ4v) is 6.62. The minimum atomic E-state index is -5.69. The van der Waals surface area contributed by atoms with E-state index in [-0.39, 0.29) is 10.6 Å². The molecule has 228 valence electrons. The number of benzene rings is 3. The Morgan fingerprint density at radius 3 is 2.00 bits per heavy atom. The quantitative estimate of drug-likeness (QED) is 0.158. The molecule has 3 atom stereocenters. The maximum atomic E-state index is 14.4. The fourth-order valence-electron chi connectivity index (χ4n) is 4.32. The smallest absolute Gasteiger partial charge is 0.402 e. The molecule has 1 heterocycles. The lowest BCUT2D eigenvalue weighted by Crippen LogP contribution is -2.54. The topological polar surface area (TPSA) is 82.1 Å². The first-order valence-corrected chi connectivity index (χ1v) is 15.2. The predicted octanol–water partition coefficient (Wildman–Crippen LogP) is 6.80. The molecule has 0 bridgehead atoms. The van der Waals surface area contributed by atoms with Gasteiger partial charge in [-0.3, -0.25) is 4.55 Å². The molecule has 1 aliphatic rings. The van der Waals surface area contributed by atoms with Gasteiger partial charge in [-0.2, -0.15) is 17.2 Å². The van der Waals surface area contributed by atoms with Gasteiger partial charge in [-0.25, -0.2) is 17.6 Å². The number of alkyl halides is 4. The molecule has 14 heteroatoms. The van der Waals surface area contributed by atoms with Crippen molar-refractivity contribution in [2.45, 2.75) is 58.5 Å². The van der Waals surface area contributed by atoms with Gasteiger partial charge in [0.25, 0.3) is 5.92 Å². The van der Waals surface area contributed by atoms with E-state index in [1.54, 1.807) is 38.1 Å². The third-order valence-corrected chi connectivity index (χ3v) is 9.51. The van der Waals surface area contributed by atoms with Gasteiger partial charge >= 0.3 is 15.4 Å². The first-order chi connectivity index (χ1) is 19.4. The second-order valence-corrected chi connectivity index (χ2v) is 13.7. The summed E-state index contributed by atoms with van der Waals surface area (Å²) in [6.45, 7) is 2.28. The van der Waals surface area contributed by atoms with E-state index in [4.69, 9.17) is 18.8 Å². The molecule has 3 unspecified atom stereocenters. The SMILES string of the molecule is CC(C)C1OC(C)(c2ccc([S+](c3ccc(OCC(F)(F)S(=O)(=O)O)cc3)c3cc(F)cc(F)c3)cc2)OCC1(F)F. The molecule has 0 spiro atoms. The largest absolute Gasteiger partial charge is 0.486 e. The summed E-state index contributed by atoms with van der Waals surface area (Å²) in [5.41, 5.74) is 0.435. The van der Waals surface area contributed by atoms with Gasteiger partial charge in [-0.15, -0.1) is 0 Å². The Morgan fingerprint density at radius 1 is 0.976 bits per heavy atom. The van der Waals surface area contributed by atoms with Crippen LogP contribution in [0.5, 0.6) is 5.75 Å². The molecule has 1 aliphatic heterocycles. The van der Waals surface area contributed by atoms with Crippen molar-refractivity contribution >= 4 is 21.0 Å². The van der Waals surface area contributed by atoms with Gasteiger partial charge in [0.1, 0.15) is 30.1 Å². The first-order valence-electron chi connectivity index (χ1n) is 12.5. The second-order valence-electron chi connectivity index (χ2n) is 10.1.